The van der Waals surface area contributed by atoms with E-state index in [9.17, 15) is 34.2 Å². The first-order valence-corrected chi connectivity index (χ1v) is 11.0. The lowest BCUT2D eigenvalue weighted by atomic mass is 10.0. The number of primary amides is 1. The van der Waals surface area contributed by atoms with Crippen LogP contribution >= 0.6 is 0 Å². The van der Waals surface area contributed by atoms with Crippen LogP contribution < -0.4 is 27.4 Å². The normalized spacial score (nSPS) is 15.2. The van der Waals surface area contributed by atoms with Crippen molar-refractivity contribution >= 4 is 40.5 Å². The molecule has 0 saturated carbocycles. The summed E-state index contributed by atoms with van der Waals surface area (Å²) in [7, 11) is 0. The van der Waals surface area contributed by atoms with Gasteiger partial charge in [-0.1, -0.05) is 18.2 Å². The zero-order chi connectivity index (χ0) is 27.0. The molecule has 0 saturated heterocycles. The predicted octanol–water partition coefficient (Wildman–Crippen LogP) is -3.17. The van der Waals surface area contributed by atoms with Crippen molar-refractivity contribution in [2.24, 2.45) is 11.5 Å². The Morgan fingerprint density at radius 3 is 2.14 bits per heavy atom. The minimum atomic E-state index is -1.63. The number of nitrogens with two attached hydrogens (primary N) is 2. The number of nitrogens with one attached hydrogen (secondary N) is 4. The lowest BCUT2D eigenvalue weighted by Crippen LogP contribution is -2.59. The zero-order valence-corrected chi connectivity index (χ0v) is 19.4. The van der Waals surface area contributed by atoms with Crippen LogP contribution in [0.4, 0.5) is 0 Å². The number of rotatable bonds is 13. The van der Waals surface area contributed by atoms with E-state index in [-0.39, 0.29) is 6.42 Å². The van der Waals surface area contributed by atoms with Gasteiger partial charge in [0.05, 0.1) is 19.1 Å². The lowest BCUT2D eigenvalue weighted by molar-refractivity contribution is -0.143. The minimum absolute atomic E-state index is 0.107. The number of carbonyl (C=O) groups excluding carboxylic acids is 4. The molecule has 2 rings (SSSR count). The standard InChI is InChI=1S/C22H30N6O8/c1-10(30)18(24)21(34)27-15(7-17(23)31)20(33)26-14(19(32)28-16(9-29)22(35)36)6-11-8-25-13-5-3-2-4-12(11)13/h2-5,8,10,14-16,18,25,29-30H,6-7,9,24H2,1H3,(H2,23,31)(H,26,33)(H,27,34)(H,28,32)(H,35,36). The number of hydrogen-bond acceptors (Lipinski definition) is 8. The summed E-state index contributed by atoms with van der Waals surface area (Å²) < 4.78 is 0. The Labute approximate surface area is 205 Å². The molecule has 0 spiro atoms. The Bertz CT molecular complexity index is 1120. The SMILES string of the molecule is CC(O)C(N)C(=O)NC(CC(N)=O)C(=O)NC(Cc1c[nH]c2ccccc12)C(=O)NC(CO)C(=O)O. The number of H-pyrrole nitrogens is 1. The van der Waals surface area contributed by atoms with Gasteiger partial charge in [-0.15, -0.1) is 0 Å². The highest BCUT2D eigenvalue weighted by molar-refractivity contribution is 5.96. The van der Waals surface area contributed by atoms with Gasteiger partial charge in [0.15, 0.2) is 0 Å². The van der Waals surface area contributed by atoms with Crippen molar-refractivity contribution in [3.05, 3.63) is 36.0 Å². The summed E-state index contributed by atoms with van der Waals surface area (Å²) in [5, 5.41) is 35.5. The lowest BCUT2D eigenvalue weighted by Gasteiger charge is -2.25. The molecule has 0 radical (unpaired) electrons. The van der Waals surface area contributed by atoms with Crippen molar-refractivity contribution < 1.29 is 39.3 Å². The van der Waals surface area contributed by atoms with Crippen LogP contribution in [0, 0.1) is 0 Å². The third kappa shape index (κ3) is 7.49. The van der Waals surface area contributed by atoms with Gasteiger partial charge >= 0.3 is 5.97 Å². The predicted molar refractivity (Wildman–Crippen MR) is 126 cm³/mol. The fraction of sp³-hybridized carbons (Fsp3) is 0.409. The summed E-state index contributed by atoms with van der Waals surface area (Å²) in [6, 6.07) is 1.19. The summed E-state index contributed by atoms with van der Waals surface area (Å²) in [5.41, 5.74) is 12.1. The highest BCUT2D eigenvalue weighted by atomic mass is 16.4. The molecule has 36 heavy (non-hydrogen) atoms. The molecule has 0 aliphatic carbocycles. The van der Waals surface area contributed by atoms with E-state index in [1.165, 1.54) is 6.92 Å². The second kappa shape index (κ2) is 12.6. The largest absolute Gasteiger partial charge is 0.480 e. The van der Waals surface area contributed by atoms with E-state index in [1.54, 1.807) is 30.5 Å². The average Bonchev–Trinajstić information content (AvgIpc) is 3.23. The van der Waals surface area contributed by atoms with Gasteiger partial charge in [0, 0.05) is 23.5 Å². The molecule has 1 aromatic carbocycles. The van der Waals surface area contributed by atoms with Gasteiger partial charge in [-0.2, -0.15) is 0 Å². The highest BCUT2D eigenvalue weighted by Crippen LogP contribution is 2.19. The number of aliphatic hydroxyl groups excluding tert-OH is 2. The van der Waals surface area contributed by atoms with E-state index in [4.69, 9.17) is 16.6 Å². The second-order valence-electron chi connectivity index (χ2n) is 8.20. The van der Waals surface area contributed by atoms with Crippen molar-refractivity contribution in [1.29, 1.82) is 0 Å². The van der Waals surface area contributed by atoms with E-state index < -0.39 is 72.9 Å². The summed E-state index contributed by atoms with van der Waals surface area (Å²) in [5.74, 6) is -5.27. The first-order chi connectivity index (χ1) is 16.9. The molecule has 4 amide bonds. The summed E-state index contributed by atoms with van der Waals surface area (Å²) in [4.78, 5) is 64.0. The number of benzene rings is 1. The van der Waals surface area contributed by atoms with Crippen LogP contribution in [0.25, 0.3) is 10.9 Å². The number of amides is 4. The quantitative estimate of drug-likeness (QED) is 0.133. The average molecular weight is 507 g/mol. The molecule has 14 nitrogen and oxygen atoms in total. The summed E-state index contributed by atoms with van der Waals surface area (Å²) >= 11 is 0. The highest BCUT2D eigenvalue weighted by Gasteiger charge is 2.32. The number of carboxylic acids is 1. The van der Waals surface area contributed by atoms with Crippen LogP contribution in [0.1, 0.15) is 18.9 Å². The molecule has 11 N–H and O–H groups in total. The summed E-state index contributed by atoms with van der Waals surface area (Å²) in [6.07, 6.45) is -0.389. The monoisotopic (exact) mass is 506 g/mol. The number of aliphatic carboxylic acids is 1. The molecule has 0 fully saturated rings. The topological polar surface area (TPSA) is 250 Å². The maximum absolute atomic E-state index is 13.0. The third-order valence-corrected chi connectivity index (χ3v) is 5.39. The van der Waals surface area contributed by atoms with Crippen molar-refractivity contribution in [3.8, 4) is 0 Å². The molecule has 1 heterocycles. The molecule has 0 aliphatic heterocycles. The Hall–Kier alpha value is -4.01. The van der Waals surface area contributed by atoms with Gasteiger partial charge < -0.3 is 47.7 Å². The molecule has 196 valence electrons. The molecular formula is C22H30N6O8. The first-order valence-electron chi connectivity index (χ1n) is 11.0. The van der Waals surface area contributed by atoms with Gasteiger partial charge in [-0.25, -0.2) is 4.79 Å². The van der Waals surface area contributed by atoms with Crippen LogP contribution in [0.2, 0.25) is 0 Å². The molecule has 5 atom stereocenters. The van der Waals surface area contributed by atoms with E-state index in [0.29, 0.717) is 5.56 Å². The number of para-hydroxylation sites is 1. The van der Waals surface area contributed by atoms with Gasteiger partial charge in [-0.05, 0) is 18.6 Å². The van der Waals surface area contributed by atoms with Crippen LogP contribution in [0.5, 0.6) is 0 Å². The van der Waals surface area contributed by atoms with Gasteiger partial charge in [0.2, 0.25) is 23.6 Å². The summed E-state index contributed by atoms with van der Waals surface area (Å²) in [6.45, 7) is 0.363. The number of carbonyl (C=O) groups is 5. The molecule has 1 aromatic heterocycles. The Morgan fingerprint density at radius 1 is 0.972 bits per heavy atom. The Morgan fingerprint density at radius 2 is 1.56 bits per heavy atom. The Balaban J connectivity index is 2.32. The van der Waals surface area contributed by atoms with Crippen LogP contribution in [-0.4, -0.2) is 86.8 Å². The van der Waals surface area contributed by atoms with Gasteiger partial charge in [0.1, 0.15) is 24.2 Å². The van der Waals surface area contributed by atoms with Crippen molar-refractivity contribution in [3.63, 3.8) is 0 Å². The fourth-order valence-corrected chi connectivity index (χ4v) is 3.36. The van der Waals surface area contributed by atoms with Crippen LogP contribution in [0.15, 0.2) is 30.5 Å². The van der Waals surface area contributed by atoms with Crippen LogP contribution in [-0.2, 0) is 30.4 Å². The maximum Gasteiger partial charge on any atom is 0.328 e. The van der Waals surface area contributed by atoms with Gasteiger partial charge in [-0.3, -0.25) is 19.2 Å². The van der Waals surface area contributed by atoms with E-state index in [2.05, 4.69) is 20.9 Å². The number of carboxylic acid groups (broad SMARTS) is 1. The smallest absolute Gasteiger partial charge is 0.328 e. The second-order valence-corrected chi connectivity index (χ2v) is 8.20. The minimum Gasteiger partial charge on any atom is -0.480 e. The molecule has 2 aromatic rings. The van der Waals surface area contributed by atoms with Crippen molar-refractivity contribution in [2.75, 3.05) is 6.61 Å². The van der Waals surface area contributed by atoms with E-state index in [1.807, 2.05) is 0 Å². The first kappa shape index (κ1) is 28.2. The molecular weight excluding hydrogens is 476 g/mol. The Kier molecular flexibility index (Phi) is 9.90. The number of fused-ring (bicyclic) bond motifs is 1. The number of aliphatic hydroxyl groups is 2. The zero-order valence-electron chi connectivity index (χ0n) is 19.4. The number of aromatic nitrogens is 1. The molecule has 0 bridgehead atoms. The van der Waals surface area contributed by atoms with Crippen LogP contribution in [0.3, 0.4) is 0 Å². The molecule has 0 aliphatic rings. The van der Waals surface area contributed by atoms with Crippen molar-refractivity contribution in [2.45, 2.75) is 50.0 Å². The number of aromatic amines is 1. The van der Waals surface area contributed by atoms with Gasteiger partial charge in [0.25, 0.3) is 0 Å². The molecule has 14 heteroatoms. The third-order valence-electron chi connectivity index (χ3n) is 5.39. The maximum atomic E-state index is 13.0. The van der Waals surface area contributed by atoms with E-state index >= 15 is 0 Å². The molecule has 5 unspecified atom stereocenters. The number of hydrogen-bond donors (Lipinski definition) is 9. The van der Waals surface area contributed by atoms with Crippen molar-refractivity contribution in [1.82, 2.24) is 20.9 Å². The fourth-order valence-electron chi connectivity index (χ4n) is 3.36. The van der Waals surface area contributed by atoms with E-state index in [0.717, 1.165) is 10.9 Å².